The Morgan fingerprint density at radius 1 is 1.56 bits per heavy atom. The quantitative estimate of drug-likeness (QED) is 0.872. The summed E-state index contributed by atoms with van der Waals surface area (Å²) in [4.78, 5) is 17.9. The molecule has 1 saturated heterocycles. The van der Waals surface area contributed by atoms with Gasteiger partial charge in [-0.3, -0.25) is 9.78 Å². The molecule has 0 aliphatic carbocycles. The predicted octanol–water partition coefficient (Wildman–Crippen LogP) is 1.38. The lowest BCUT2D eigenvalue weighted by Crippen LogP contribution is -2.39. The highest BCUT2D eigenvalue weighted by Gasteiger charge is 2.23. The van der Waals surface area contributed by atoms with Crippen LogP contribution in [0.15, 0.2) is 18.5 Å². The molecule has 5 heteroatoms. The number of hydrogen-bond donors (Lipinski definition) is 1. The van der Waals surface area contributed by atoms with Crippen LogP contribution < -0.4 is 5.32 Å². The maximum absolute atomic E-state index is 12.1. The fourth-order valence-electron chi connectivity index (χ4n) is 2.11. The van der Waals surface area contributed by atoms with E-state index in [9.17, 15) is 4.79 Å². The van der Waals surface area contributed by atoms with E-state index in [1.54, 1.807) is 18.5 Å². The molecule has 1 aliphatic rings. The summed E-state index contributed by atoms with van der Waals surface area (Å²) in [6.07, 6.45) is 5.30. The zero-order valence-electron chi connectivity index (χ0n) is 10.4. The highest BCUT2D eigenvalue weighted by molar-refractivity contribution is 5.84. The second-order valence-corrected chi connectivity index (χ2v) is 4.43. The topological polar surface area (TPSA) is 69.0 Å². The summed E-state index contributed by atoms with van der Waals surface area (Å²) in [5.74, 6) is 0.0836. The number of carbonyl (C=O) groups is 1. The fraction of sp³-hybridized carbons (Fsp3) is 0.462. The summed E-state index contributed by atoms with van der Waals surface area (Å²) in [7, 11) is 0. The zero-order chi connectivity index (χ0) is 13.0. The van der Waals surface area contributed by atoms with Crippen LogP contribution in [0.25, 0.3) is 0 Å². The second kappa shape index (κ2) is 5.50. The van der Waals surface area contributed by atoms with E-state index in [1.807, 2.05) is 11.8 Å². The summed E-state index contributed by atoms with van der Waals surface area (Å²) in [6, 6.07) is 3.38. The van der Waals surface area contributed by atoms with Crippen LogP contribution in [0.3, 0.4) is 0 Å². The Morgan fingerprint density at radius 3 is 2.94 bits per heavy atom. The molecule has 18 heavy (non-hydrogen) atoms. The first kappa shape index (κ1) is 12.4. The average Bonchev–Trinajstić information content (AvgIpc) is 2.92. The summed E-state index contributed by atoms with van der Waals surface area (Å²) >= 11 is 0. The number of amides is 1. The fourth-order valence-corrected chi connectivity index (χ4v) is 2.11. The first-order valence-electron chi connectivity index (χ1n) is 6.12. The molecule has 1 N–H and O–H groups in total. The number of nitrogens with zero attached hydrogens (tertiary/aromatic N) is 3. The van der Waals surface area contributed by atoms with Crippen molar-refractivity contribution in [1.82, 2.24) is 9.88 Å². The second-order valence-electron chi connectivity index (χ2n) is 4.43. The van der Waals surface area contributed by atoms with E-state index in [-0.39, 0.29) is 11.9 Å². The Balaban J connectivity index is 2.04. The Hall–Kier alpha value is -2.09. The van der Waals surface area contributed by atoms with Gasteiger partial charge >= 0.3 is 0 Å². The molecule has 1 aromatic rings. The van der Waals surface area contributed by atoms with E-state index in [0.717, 1.165) is 25.9 Å². The van der Waals surface area contributed by atoms with Crippen molar-refractivity contribution >= 4 is 11.6 Å². The average molecular weight is 244 g/mol. The monoisotopic (exact) mass is 244 g/mol. The maximum atomic E-state index is 12.1. The Labute approximate surface area is 106 Å². The number of nitriles is 1. The van der Waals surface area contributed by atoms with Crippen molar-refractivity contribution < 1.29 is 4.79 Å². The minimum atomic E-state index is -0.334. The van der Waals surface area contributed by atoms with E-state index in [2.05, 4.69) is 16.4 Å². The lowest BCUT2D eigenvalue weighted by atomic mass is 10.2. The summed E-state index contributed by atoms with van der Waals surface area (Å²) in [5.41, 5.74) is 1.12. The smallest absolute Gasteiger partial charge is 0.244 e. The number of likely N-dealkylation sites (tertiary alicyclic amines) is 1. The molecule has 1 atom stereocenters. The van der Waals surface area contributed by atoms with Crippen molar-refractivity contribution in [2.45, 2.75) is 25.8 Å². The van der Waals surface area contributed by atoms with Crippen LogP contribution in [-0.4, -0.2) is 34.9 Å². The normalized spacial score (nSPS) is 16.1. The number of nitrogens with one attached hydrogen (secondary N) is 1. The van der Waals surface area contributed by atoms with Gasteiger partial charge in [-0.15, -0.1) is 0 Å². The number of aromatic nitrogens is 1. The highest BCUT2D eigenvalue weighted by Crippen LogP contribution is 2.15. The van der Waals surface area contributed by atoms with E-state index in [0.29, 0.717) is 11.3 Å². The van der Waals surface area contributed by atoms with Crippen LogP contribution in [0.1, 0.15) is 25.3 Å². The molecule has 1 amide bonds. The van der Waals surface area contributed by atoms with E-state index in [4.69, 9.17) is 5.26 Å². The van der Waals surface area contributed by atoms with Gasteiger partial charge in [-0.25, -0.2) is 0 Å². The van der Waals surface area contributed by atoms with Crippen LogP contribution in [0, 0.1) is 11.3 Å². The van der Waals surface area contributed by atoms with Gasteiger partial charge < -0.3 is 10.2 Å². The molecule has 1 unspecified atom stereocenters. The standard InChI is InChI=1S/C13H16N4O/c1-10(13(18)17-6-2-3-7-17)16-12-9-15-5-4-11(12)8-14/h4-5,9-10,16H,2-3,6-7H2,1H3. The number of carbonyl (C=O) groups excluding carboxylic acids is 1. The van der Waals surface area contributed by atoms with Crippen LogP contribution in [0.2, 0.25) is 0 Å². The van der Waals surface area contributed by atoms with Crippen molar-refractivity contribution in [2.75, 3.05) is 18.4 Å². The van der Waals surface area contributed by atoms with Gasteiger partial charge in [-0.1, -0.05) is 0 Å². The summed E-state index contributed by atoms with van der Waals surface area (Å²) in [5, 5.41) is 12.0. The Kier molecular flexibility index (Phi) is 3.78. The van der Waals surface area contributed by atoms with Crippen LogP contribution in [-0.2, 0) is 4.79 Å². The van der Waals surface area contributed by atoms with Crippen LogP contribution in [0.4, 0.5) is 5.69 Å². The minimum Gasteiger partial charge on any atom is -0.372 e. The van der Waals surface area contributed by atoms with Gasteiger partial charge in [0.25, 0.3) is 0 Å². The van der Waals surface area contributed by atoms with Crippen LogP contribution in [0.5, 0.6) is 0 Å². The molecule has 1 aliphatic heterocycles. The number of pyridine rings is 1. The largest absolute Gasteiger partial charge is 0.372 e. The third kappa shape index (κ3) is 2.59. The van der Waals surface area contributed by atoms with E-state index in [1.165, 1.54) is 0 Å². The van der Waals surface area contributed by atoms with Gasteiger partial charge in [-0.05, 0) is 25.8 Å². The molecule has 0 bridgehead atoms. The molecule has 94 valence electrons. The minimum absolute atomic E-state index is 0.0836. The Morgan fingerprint density at radius 2 is 2.28 bits per heavy atom. The highest BCUT2D eigenvalue weighted by atomic mass is 16.2. The molecule has 2 heterocycles. The zero-order valence-corrected chi connectivity index (χ0v) is 10.4. The molecular formula is C13H16N4O. The molecule has 1 aromatic heterocycles. The first-order valence-corrected chi connectivity index (χ1v) is 6.12. The number of anilines is 1. The molecule has 2 rings (SSSR count). The Bertz CT molecular complexity index is 474. The first-order chi connectivity index (χ1) is 8.72. The molecule has 1 fully saturated rings. The van der Waals surface area contributed by atoms with Crippen molar-refractivity contribution in [1.29, 1.82) is 5.26 Å². The predicted molar refractivity (Wildman–Crippen MR) is 67.9 cm³/mol. The van der Waals surface area contributed by atoms with Crippen molar-refractivity contribution in [3.05, 3.63) is 24.0 Å². The van der Waals surface area contributed by atoms with E-state index >= 15 is 0 Å². The molecule has 0 saturated carbocycles. The SMILES string of the molecule is CC(Nc1cnccc1C#N)C(=O)N1CCCC1. The molecule has 0 aromatic carbocycles. The van der Waals surface area contributed by atoms with Gasteiger partial charge in [0.15, 0.2) is 0 Å². The van der Waals surface area contributed by atoms with Gasteiger partial charge in [0.2, 0.25) is 5.91 Å². The van der Waals surface area contributed by atoms with E-state index < -0.39 is 0 Å². The molecule has 5 nitrogen and oxygen atoms in total. The number of rotatable bonds is 3. The van der Waals surface area contributed by atoms with Crippen LogP contribution >= 0.6 is 0 Å². The molecular weight excluding hydrogens is 228 g/mol. The summed E-state index contributed by atoms with van der Waals surface area (Å²) in [6.45, 7) is 3.49. The van der Waals surface area contributed by atoms with Gasteiger partial charge in [0.1, 0.15) is 12.1 Å². The van der Waals surface area contributed by atoms with Gasteiger partial charge in [-0.2, -0.15) is 5.26 Å². The third-order valence-corrected chi connectivity index (χ3v) is 3.10. The third-order valence-electron chi connectivity index (χ3n) is 3.10. The van der Waals surface area contributed by atoms with Crippen molar-refractivity contribution in [2.24, 2.45) is 0 Å². The summed E-state index contributed by atoms with van der Waals surface area (Å²) < 4.78 is 0. The molecule has 0 spiro atoms. The number of hydrogen-bond acceptors (Lipinski definition) is 4. The lowest BCUT2D eigenvalue weighted by Gasteiger charge is -2.22. The van der Waals surface area contributed by atoms with Gasteiger partial charge in [0, 0.05) is 19.3 Å². The van der Waals surface area contributed by atoms with Crippen molar-refractivity contribution in [3.8, 4) is 6.07 Å². The van der Waals surface area contributed by atoms with Crippen molar-refractivity contribution in [3.63, 3.8) is 0 Å². The maximum Gasteiger partial charge on any atom is 0.244 e. The molecule has 0 radical (unpaired) electrons. The lowest BCUT2D eigenvalue weighted by molar-refractivity contribution is -0.130. The van der Waals surface area contributed by atoms with Gasteiger partial charge in [0.05, 0.1) is 17.4 Å².